The van der Waals surface area contributed by atoms with Crippen molar-refractivity contribution < 1.29 is 9.59 Å². The number of benzene rings is 2. The van der Waals surface area contributed by atoms with Crippen LogP contribution in [0.1, 0.15) is 30.4 Å². The number of aromatic nitrogens is 1. The Kier molecular flexibility index (Phi) is 5.81. The largest absolute Gasteiger partial charge is 0.370 e. The number of nitrogens with two attached hydrogens (primary N) is 1. The summed E-state index contributed by atoms with van der Waals surface area (Å²) in [5, 5.41) is 4.56. The highest BCUT2D eigenvalue weighted by Crippen LogP contribution is 2.33. The Bertz CT molecular complexity index is 980. The number of aryl methyl sites for hydroxylation is 1. The molecule has 3 rings (SSSR count). The molecule has 3 aromatic rings. The fourth-order valence-electron chi connectivity index (χ4n) is 3.20. The predicted octanol–water partition coefficient (Wildman–Crippen LogP) is 4.07. The average Bonchev–Trinajstić information content (AvgIpc) is 2.97. The van der Waals surface area contributed by atoms with Gasteiger partial charge in [0.15, 0.2) is 0 Å². The maximum atomic E-state index is 12.0. The van der Waals surface area contributed by atoms with Crippen LogP contribution < -0.4 is 11.1 Å². The van der Waals surface area contributed by atoms with Crippen molar-refractivity contribution in [2.24, 2.45) is 5.73 Å². The summed E-state index contributed by atoms with van der Waals surface area (Å²) in [5.74, 6) is -0.509. The number of aromatic amines is 1. The molecule has 0 fully saturated rings. The van der Waals surface area contributed by atoms with Gasteiger partial charge in [-0.1, -0.05) is 41.9 Å². The van der Waals surface area contributed by atoms with Gasteiger partial charge in [0.05, 0.1) is 5.52 Å². The van der Waals surface area contributed by atoms with E-state index in [0.717, 1.165) is 33.3 Å². The Balaban J connectivity index is 1.83. The van der Waals surface area contributed by atoms with Gasteiger partial charge < -0.3 is 16.0 Å². The van der Waals surface area contributed by atoms with Crippen molar-refractivity contribution in [2.45, 2.75) is 32.7 Å². The maximum Gasteiger partial charge on any atom is 0.220 e. The molecule has 2 amide bonds. The van der Waals surface area contributed by atoms with Crippen molar-refractivity contribution in [3.63, 3.8) is 0 Å². The predicted molar refractivity (Wildman–Crippen MR) is 108 cm³/mol. The molecule has 27 heavy (non-hydrogen) atoms. The third kappa shape index (κ3) is 4.49. The SMILES string of the molecule is Cc1c(-c2ccccc2)[nH]c2c(CNC(=O)CCCC(N)=O)cc(Cl)cc12. The minimum atomic E-state index is -0.394. The second kappa shape index (κ2) is 8.27. The summed E-state index contributed by atoms with van der Waals surface area (Å²) in [6.07, 6.45) is 0.933. The van der Waals surface area contributed by atoms with Gasteiger partial charge in [-0.3, -0.25) is 9.59 Å². The third-order valence-corrected chi connectivity index (χ3v) is 4.80. The van der Waals surface area contributed by atoms with Gasteiger partial charge in [0.2, 0.25) is 11.8 Å². The summed E-state index contributed by atoms with van der Waals surface area (Å²) >= 11 is 6.31. The van der Waals surface area contributed by atoms with Crippen LogP contribution in [0.4, 0.5) is 0 Å². The summed E-state index contributed by atoms with van der Waals surface area (Å²) in [6.45, 7) is 2.42. The van der Waals surface area contributed by atoms with Crippen LogP contribution in [-0.4, -0.2) is 16.8 Å². The minimum absolute atomic E-state index is 0.115. The van der Waals surface area contributed by atoms with E-state index >= 15 is 0 Å². The molecule has 0 saturated carbocycles. The van der Waals surface area contributed by atoms with Crippen LogP contribution in [0.15, 0.2) is 42.5 Å². The molecular weight excluding hydrogens is 362 g/mol. The highest BCUT2D eigenvalue weighted by Gasteiger charge is 2.14. The van der Waals surface area contributed by atoms with Gasteiger partial charge in [0.25, 0.3) is 0 Å². The quantitative estimate of drug-likeness (QED) is 0.574. The molecule has 4 N–H and O–H groups in total. The molecule has 5 nitrogen and oxygen atoms in total. The number of rotatable bonds is 7. The lowest BCUT2D eigenvalue weighted by molar-refractivity contribution is -0.121. The zero-order chi connectivity index (χ0) is 19.4. The topological polar surface area (TPSA) is 88.0 Å². The highest BCUT2D eigenvalue weighted by molar-refractivity contribution is 6.31. The monoisotopic (exact) mass is 383 g/mol. The van der Waals surface area contributed by atoms with Gasteiger partial charge >= 0.3 is 0 Å². The summed E-state index contributed by atoms with van der Waals surface area (Å²) in [4.78, 5) is 26.3. The normalized spacial score (nSPS) is 10.9. The van der Waals surface area contributed by atoms with Crippen molar-refractivity contribution in [1.29, 1.82) is 0 Å². The molecule has 0 unspecified atom stereocenters. The number of H-pyrrole nitrogens is 1. The molecule has 0 aliphatic heterocycles. The van der Waals surface area contributed by atoms with Gasteiger partial charge in [-0.05, 0) is 42.2 Å². The first-order valence-electron chi connectivity index (χ1n) is 8.87. The first-order chi connectivity index (χ1) is 13.0. The third-order valence-electron chi connectivity index (χ3n) is 4.58. The molecule has 2 aromatic carbocycles. The summed E-state index contributed by atoms with van der Waals surface area (Å²) in [7, 11) is 0. The highest BCUT2D eigenvalue weighted by atomic mass is 35.5. The number of carbonyl (C=O) groups is 2. The first kappa shape index (κ1) is 19.0. The number of fused-ring (bicyclic) bond motifs is 1. The molecular formula is C21H22ClN3O2. The zero-order valence-corrected chi connectivity index (χ0v) is 15.9. The van der Waals surface area contributed by atoms with E-state index in [1.165, 1.54) is 0 Å². The standard InChI is InChI=1S/C21H22ClN3O2/c1-13-17-11-16(22)10-15(12-24-19(27)9-5-8-18(23)26)21(17)25-20(13)14-6-3-2-4-7-14/h2-4,6-7,10-11,25H,5,8-9,12H2,1H3,(H2,23,26)(H,24,27). The van der Waals surface area contributed by atoms with Crippen LogP contribution in [0.3, 0.4) is 0 Å². The van der Waals surface area contributed by atoms with Gasteiger partial charge in [-0.2, -0.15) is 0 Å². The number of hydrogen-bond donors (Lipinski definition) is 3. The van der Waals surface area contributed by atoms with E-state index in [2.05, 4.69) is 29.4 Å². The Morgan fingerprint density at radius 1 is 1.15 bits per heavy atom. The Labute approximate surface area is 162 Å². The molecule has 0 atom stereocenters. The molecule has 0 saturated heterocycles. The maximum absolute atomic E-state index is 12.0. The van der Waals surface area contributed by atoms with Gasteiger partial charge in [-0.15, -0.1) is 0 Å². The van der Waals surface area contributed by atoms with Crippen molar-refractivity contribution in [3.05, 3.63) is 58.6 Å². The molecule has 140 valence electrons. The Morgan fingerprint density at radius 2 is 1.89 bits per heavy atom. The van der Waals surface area contributed by atoms with Crippen molar-refractivity contribution >= 4 is 34.3 Å². The van der Waals surface area contributed by atoms with E-state index in [1.807, 2.05) is 30.3 Å². The van der Waals surface area contributed by atoms with E-state index in [4.69, 9.17) is 17.3 Å². The van der Waals surface area contributed by atoms with Gasteiger partial charge in [-0.25, -0.2) is 0 Å². The van der Waals surface area contributed by atoms with E-state index < -0.39 is 5.91 Å². The fourth-order valence-corrected chi connectivity index (χ4v) is 3.44. The summed E-state index contributed by atoms with van der Waals surface area (Å²) in [5.41, 5.74) is 10.2. The van der Waals surface area contributed by atoms with Crippen LogP contribution in [0.2, 0.25) is 5.02 Å². The second-order valence-electron chi connectivity index (χ2n) is 6.58. The molecule has 1 heterocycles. The van der Waals surface area contributed by atoms with E-state index in [1.54, 1.807) is 0 Å². The van der Waals surface area contributed by atoms with Gasteiger partial charge in [0.1, 0.15) is 0 Å². The first-order valence-corrected chi connectivity index (χ1v) is 9.24. The number of hydrogen-bond acceptors (Lipinski definition) is 2. The lowest BCUT2D eigenvalue weighted by Gasteiger charge is -2.07. The second-order valence-corrected chi connectivity index (χ2v) is 7.01. The number of carbonyl (C=O) groups excluding carboxylic acids is 2. The minimum Gasteiger partial charge on any atom is -0.370 e. The number of nitrogens with one attached hydrogen (secondary N) is 2. The van der Waals surface area contributed by atoms with E-state index in [-0.39, 0.29) is 18.7 Å². The molecule has 0 bridgehead atoms. The van der Waals surface area contributed by atoms with Crippen LogP contribution in [-0.2, 0) is 16.1 Å². The van der Waals surface area contributed by atoms with Crippen LogP contribution in [0, 0.1) is 6.92 Å². The molecule has 0 aliphatic rings. The molecule has 0 spiro atoms. The number of primary amides is 1. The Morgan fingerprint density at radius 3 is 2.59 bits per heavy atom. The molecule has 6 heteroatoms. The summed E-state index contributed by atoms with van der Waals surface area (Å²) < 4.78 is 0. The van der Waals surface area contributed by atoms with Crippen molar-refractivity contribution in [3.8, 4) is 11.3 Å². The van der Waals surface area contributed by atoms with Crippen LogP contribution >= 0.6 is 11.6 Å². The summed E-state index contributed by atoms with van der Waals surface area (Å²) in [6, 6.07) is 13.9. The van der Waals surface area contributed by atoms with E-state index in [9.17, 15) is 9.59 Å². The van der Waals surface area contributed by atoms with Gasteiger partial charge in [0, 0.05) is 35.5 Å². The lowest BCUT2D eigenvalue weighted by atomic mass is 10.1. The number of halogens is 1. The van der Waals surface area contributed by atoms with E-state index in [0.29, 0.717) is 18.0 Å². The molecule has 1 aromatic heterocycles. The smallest absolute Gasteiger partial charge is 0.220 e. The van der Waals surface area contributed by atoms with Crippen LogP contribution in [0.25, 0.3) is 22.2 Å². The average molecular weight is 384 g/mol. The molecule has 0 radical (unpaired) electrons. The lowest BCUT2D eigenvalue weighted by Crippen LogP contribution is -2.23. The number of amides is 2. The van der Waals surface area contributed by atoms with Crippen molar-refractivity contribution in [1.82, 2.24) is 10.3 Å². The fraction of sp³-hybridized carbons (Fsp3) is 0.238. The van der Waals surface area contributed by atoms with Crippen molar-refractivity contribution in [2.75, 3.05) is 0 Å². The molecule has 0 aliphatic carbocycles. The zero-order valence-electron chi connectivity index (χ0n) is 15.1. The van der Waals surface area contributed by atoms with Crippen LogP contribution in [0.5, 0.6) is 0 Å². The Hall–Kier alpha value is -2.79.